The lowest BCUT2D eigenvalue weighted by molar-refractivity contribution is 0.244. The van der Waals surface area contributed by atoms with Gasteiger partial charge in [-0.15, -0.1) is 0 Å². The van der Waals surface area contributed by atoms with E-state index in [-0.39, 0.29) is 12.5 Å². The molecule has 1 heterocycles. The molecule has 5 heteroatoms. The van der Waals surface area contributed by atoms with E-state index in [0.717, 1.165) is 43.7 Å². The molecule has 1 fully saturated rings. The standard InChI is InChI=1S/C23H32N4O/c1-17(16-28)15-26-22-7-3-6-21(13-22)23(25)27-10-8-19(9-11-27)20-5-2-4-18(12-20)14-24/h2-7,12-13,17,19,25-26,28H,8-11,14-16,24H2,1H3. The van der Waals surface area contributed by atoms with Crippen molar-refractivity contribution in [1.82, 2.24) is 4.90 Å². The van der Waals surface area contributed by atoms with Crippen LogP contribution in [0.5, 0.6) is 0 Å². The summed E-state index contributed by atoms with van der Waals surface area (Å²) in [6.45, 7) is 5.28. The van der Waals surface area contributed by atoms with Crippen molar-refractivity contribution in [3.63, 3.8) is 0 Å². The highest BCUT2D eigenvalue weighted by Crippen LogP contribution is 2.29. The molecule has 0 aliphatic carbocycles. The van der Waals surface area contributed by atoms with Gasteiger partial charge in [-0.05, 0) is 47.9 Å². The molecule has 28 heavy (non-hydrogen) atoms. The number of anilines is 1. The average Bonchev–Trinajstić information content (AvgIpc) is 2.77. The van der Waals surface area contributed by atoms with Gasteiger partial charge in [0.25, 0.3) is 0 Å². The minimum absolute atomic E-state index is 0.172. The summed E-state index contributed by atoms with van der Waals surface area (Å²) >= 11 is 0. The van der Waals surface area contributed by atoms with Crippen molar-refractivity contribution in [3.8, 4) is 0 Å². The first-order valence-electron chi connectivity index (χ1n) is 10.2. The molecular weight excluding hydrogens is 348 g/mol. The third kappa shape index (κ3) is 5.12. The van der Waals surface area contributed by atoms with E-state index in [2.05, 4.69) is 34.5 Å². The van der Waals surface area contributed by atoms with Crippen LogP contribution in [0.15, 0.2) is 48.5 Å². The van der Waals surface area contributed by atoms with Crippen molar-refractivity contribution < 1.29 is 5.11 Å². The zero-order chi connectivity index (χ0) is 19.9. The first-order chi connectivity index (χ1) is 13.6. The Bertz CT molecular complexity index is 784. The number of nitrogens with one attached hydrogen (secondary N) is 2. The SMILES string of the molecule is CC(CO)CNc1cccc(C(=N)N2CCC(c3cccc(CN)c3)CC2)c1. The summed E-state index contributed by atoms with van der Waals surface area (Å²) < 4.78 is 0. The Kier molecular flexibility index (Phi) is 7.06. The highest BCUT2D eigenvalue weighted by atomic mass is 16.3. The summed E-state index contributed by atoms with van der Waals surface area (Å²) in [5.41, 5.74) is 10.3. The molecule has 0 saturated carbocycles. The van der Waals surface area contributed by atoms with Crippen molar-refractivity contribution in [2.75, 3.05) is 31.6 Å². The van der Waals surface area contributed by atoms with Gasteiger partial charge in [-0.3, -0.25) is 5.41 Å². The van der Waals surface area contributed by atoms with Crippen molar-refractivity contribution >= 4 is 11.5 Å². The molecule has 1 unspecified atom stereocenters. The monoisotopic (exact) mass is 380 g/mol. The topological polar surface area (TPSA) is 85.4 Å². The summed E-state index contributed by atoms with van der Waals surface area (Å²) in [6.07, 6.45) is 2.12. The van der Waals surface area contributed by atoms with Gasteiger partial charge >= 0.3 is 0 Å². The molecule has 0 spiro atoms. The maximum absolute atomic E-state index is 9.17. The fourth-order valence-corrected chi connectivity index (χ4v) is 3.73. The molecule has 0 radical (unpaired) electrons. The van der Waals surface area contributed by atoms with Gasteiger partial charge < -0.3 is 21.1 Å². The van der Waals surface area contributed by atoms with Crippen LogP contribution < -0.4 is 11.1 Å². The number of hydrogen-bond acceptors (Lipinski definition) is 4. The van der Waals surface area contributed by atoms with E-state index in [9.17, 15) is 5.11 Å². The number of amidine groups is 1. The van der Waals surface area contributed by atoms with Crippen molar-refractivity contribution in [3.05, 3.63) is 65.2 Å². The third-order valence-electron chi connectivity index (χ3n) is 5.57. The van der Waals surface area contributed by atoms with Gasteiger partial charge in [-0.1, -0.05) is 43.3 Å². The molecular formula is C23H32N4O. The number of benzene rings is 2. The second kappa shape index (κ2) is 9.71. The molecule has 2 aromatic rings. The number of hydrogen-bond donors (Lipinski definition) is 4. The summed E-state index contributed by atoms with van der Waals surface area (Å²) in [5.74, 6) is 1.34. The second-order valence-electron chi connectivity index (χ2n) is 7.81. The van der Waals surface area contributed by atoms with E-state index in [1.165, 1.54) is 11.1 Å². The zero-order valence-corrected chi connectivity index (χ0v) is 16.7. The van der Waals surface area contributed by atoms with E-state index in [4.69, 9.17) is 11.1 Å². The molecule has 5 nitrogen and oxygen atoms in total. The number of aliphatic hydroxyl groups is 1. The number of nitrogens with two attached hydrogens (primary N) is 1. The van der Waals surface area contributed by atoms with Crippen LogP contribution in [0.4, 0.5) is 5.69 Å². The van der Waals surface area contributed by atoms with Gasteiger partial charge in [0.15, 0.2) is 0 Å². The Labute approximate surface area is 168 Å². The second-order valence-corrected chi connectivity index (χ2v) is 7.81. The Morgan fingerprint density at radius 2 is 1.96 bits per heavy atom. The molecule has 1 atom stereocenters. The predicted octanol–water partition coefficient (Wildman–Crippen LogP) is 3.39. The van der Waals surface area contributed by atoms with Crippen LogP contribution in [0.1, 0.15) is 42.4 Å². The minimum Gasteiger partial charge on any atom is -0.396 e. The Morgan fingerprint density at radius 3 is 2.68 bits per heavy atom. The number of likely N-dealkylation sites (tertiary alicyclic amines) is 1. The summed E-state index contributed by atoms with van der Waals surface area (Å²) in [6, 6.07) is 16.6. The van der Waals surface area contributed by atoms with E-state index < -0.39 is 0 Å². The van der Waals surface area contributed by atoms with Crippen LogP contribution in [0.2, 0.25) is 0 Å². The van der Waals surface area contributed by atoms with Gasteiger partial charge in [-0.2, -0.15) is 0 Å². The van der Waals surface area contributed by atoms with Crippen LogP contribution in [0.25, 0.3) is 0 Å². The number of nitrogens with zero attached hydrogens (tertiary/aromatic N) is 1. The maximum atomic E-state index is 9.17. The first-order valence-corrected chi connectivity index (χ1v) is 10.2. The summed E-state index contributed by atoms with van der Waals surface area (Å²) in [5, 5.41) is 21.2. The highest BCUT2D eigenvalue weighted by Gasteiger charge is 2.23. The molecule has 1 aliphatic heterocycles. The van der Waals surface area contributed by atoms with E-state index >= 15 is 0 Å². The fraction of sp³-hybridized carbons (Fsp3) is 0.435. The van der Waals surface area contributed by atoms with Crippen LogP contribution in [-0.2, 0) is 6.54 Å². The molecule has 3 rings (SSSR count). The number of rotatable bonds is 7. The number of piperidine rings is 1. The van der Waals surface area contributed by atoms with Gasteiger partial charge in [0.1, 0.15) is 5.84 Å². The minimum atomic E-state index is 0.172. The third-order valence-corrected chi connectivity index (χ3v) is 5.57. The quantitative estimate of drug-likeness (QED) is 0.438. The summed E-state index contributed by atoms with van der Waals surface area (Å²) in [7, 11) is 0. The lowest BCUT2D eigenvalue weighted by atomic mass is 9.88. The van der Waals surface area contributed by atoms with Crippen LogP contribution in [0.3, 0.4) is 0 Å². The molecule has 2 aromatic carbocycles. The van der Waals surface area contributed by atoms with Gasteiger partial charge in [0, 0.05) is 44.0 Å². The summed E-state index contributed by atoms with van der Waals surface area (Å²) in [4.78, 5) is 2.18. The zero-order valence-electron chi connectivity index (χ0n) is 16.7. The molecule has 1 aliphatic rings. The van der Waals surface area contributed by atoms with Crippen LogP contribution in [-0.4, -0.2) is 42.1 Å². The predicted molar refractivity (Wildman–Crippen MR) is 116 cm³/mol. The highest BCUT2D eigenvalue weighted by molar-refractivity contribution is 5.97. The fourth-order valence-electron chi connectivity index (χ4n) is 3.73. The smallest absolute Gasteiger partial charge is 0.128 e. The normalized spacial score (nSPS) is 16.0. The van der Waals surface area contributed by atoms with E-state index in [1.54, 1.807) is 0 Å². The molecule has 1 saturated heterocycles. The van der Waals surface area contributed by atoms with E-state index in [1.807, 2.05) is 31.2 Å². The molecule has 150 valence electrons. The average molecular weight is 381 g/mol. The van der Waals surface area contributed by atoms with Crippen molar-refractivity contribution in [2.45, 2.75) is 32.2 Å². The lowest BCUT2D eigenvalue weighted by Gasteiger charge is -2.34. The molecule has 0 amide bonds. The van der Waals surface area contributed by atoms with Crippen LogP contribution in [0, 0.1) is 11.3 Å². The molecule has 0 aromatic heterocycles. The van der Waals surface area contributed by atoms with Crippen molar-refractivity contribution in [1.29, 1.82) is 5.41 Å². The number of aliphatic hydroxyl groups excluding tert-OH is 1. The maximum Gasteiger partial charge on any atom is 0.128 e. The van der Waals surface area contributed by atoms with E-state index in [0.29, 0.717) is 18.3 Å². The Morgan fingerprint density at radius 1 is 1.21 bits per heavy atom. The molecule has 5 N–H and O–H groups in total. The van der Waals surface area contributed by atoms with Gasteiger partial charge in [0.05, 0.1) is 0 Å². The van der Waals surface area contributed by atoms with Gasteiger partial charge in [-0.25, -0.2) is 0 Å². The Balaban J connectivity index is 1.59. The largest absolute Gasteiger partial charge is 0.396 e. The molecule has 0 bridgehead atoms. The van der Waals surface area contributed by atoms with Gasteiger partial charge in [0.2, 0.25) is 0 Å². The van der Waals surface area contributed by atoms with Crippen LogP contribution >= 0.6 is 0 Å². The first kappa shape index (κ1) is 20.4. The Hall–Kier alpha value is -2.37. The lowest BCUT2D eigenvalue weighted by Crippen LogP contribution is -2.38. The van der Waals surface area contributed by atoms with Crippen molar-refractivity contribution in [2.24, 2.45) is 11.7 Å².